The summed E-state index contributed by atoms with van der Waals surface area (Å²) in [6.45, 7) is 8.57. The van der Waals surface area contributed by atoms with Gasteiger partial charge >= 0.3 is 0 Å². The van der Waals surface area contributed by atoms with Gasteiger partial charge in [-0.3, -0.25) is 9.98 Å². The van der Waals surface area contributed by atoms with Gasteiger partial charge in [0.25, 0.3) is 0 Å². The maximum atomic E-state index is 5.80. The van der Waals surface area contributed by atoms with Crippen molar-refractivity contribution in [2.24, 2.45) is 10.9 Å². The fourth-order valence-corrected chi connectivity index (χ4v) is 3.05. The average molecular weight is 427 g/mol. The van der Waals surface area contributed by atoms with E-state index in [1.165, 1.54) is 0 Å². The molecule has 2 N–H and O–H groups in total. The zero-order valence-corrected chi connectivity index (χ0v) is 18.6. The van der Waals surface area contributed by atoms with E-state index in [0.717, 1.165) is 61.3 Å². The molecule has 0 unspecified atom stereocenters. The van der Waals surface area contributed by atoms with Crippen LogP contribution in [0.25, 0.3) is 0 Å². The lowest BCUT2D eigenvalue weighted by molar-refractivity contribution is 0.109. The van der Waals surface area contributed by atoms with Gasteiger partial charge in [0.1, 0.15) is 0 Å². The number of anilines is 1. The summed E-state index contributed by atoms with van der Waals surface area (Å²) in [5.74, 6) is 2.83. The smallest absolute Gasteiger partial charge is 0.195 e. The van der Waals surface area contributed by atoms with Gasteiger partial charge in [-0.15, -0.1) is 0 Å². The molecule has 1 aliphatic rings. The maximum absolute atomic E-state index is 5.80. The molecule has 1 aliphatic heterocycles. The summed E-state index contributed by atoms with van der Waals surface area (Å²) < 4.78 is 17.2. The molecule has 0 fully saturated rings. The van der Waals surface area contributed by atoms with Crippen LogP contribution in [0, 0.1) is 5.92 Å². The zero-order valence-electron chi connectivity index (χ0n) is 18.6. The average Bonchev–Trinajstić information content (AvgIpc) is 3.01. The van der Waals surface area contributed by atoms with E-state index < -0.39 is 0 Å². The van der Waals surface area contributed by atoms with Gasteiger partial charge in [0.15, 0.2) is 17.5 Å². The fraction of sp³-hybridized carbons (Fsp3) is 0.500. The van der Waals surface area contributed by atoms with E-state index >= 15 is 0 Å². The summed E-state index contributed by atoms with van der Waals surface area (Å²) >= 11 is 0. The van der Waals surface area contributed by atoms with Gasteiger partial charge in [-0.05, 0) is 36.6 Å². The van der Waals surface area contributed by atoms with Gasteiger partial charge in [0, 0.05) is 62.8 Å². The molecule has 3 rings (SSSR count). The first kappa shape index (κ1) is 22.9. The quantitative estimate of drug-likeness (QED) is 0.341. The molecule has 0 saturated heterocycles. The second kappa shape index (κ2) is 12.8. The topological polar surface area (TPSA) is 77.0 Å². The van der Waals surface area contributed by atoms with E-state index in [2.05, 4.69) is 29.5 Å². The molecule has 1 aromatic heterocycles. The SMILES string of the molecule is CC(C)COCCCN=C(NCCc1ccccn1)Nc1ccc2c(c1)OCCCO2. The van der Waals surface area contributed by atoms with Gasteiger partial charge in [0.2, 0.25) is 0 Å². The number of guanidine groups is 1. The van der Waals surface area contributed by atoms with Crippen molar-refractivity contribution in [3.05, 3.63) is 48.3 Å². The van der Waals surface area contributed by atoms with Crippen LogP contribution in [-0.2, 0) is 11.2 Å². The van der Waals surface area contributed by atoms with Crippen molar-refractivity contribution in [1.29, 1.82) is 0 Å². The zero-order chi connectivity index (χ0) is 21.7. The predicted molar refractivity (Wildman–Crippen MR) is 124 cm³/mol. The summed E-state index contributed by atoms with van der Waals surface area (Å²) in [6, 6.07) is 11.8. The van der Waals surface area contributed by atoms with Crippen LogP contribution < -0.4 is 20.1 Å². The molecule has 7 heteroatoms. The molecule has 7 nitrogen and oxygen atoms in total. The number of fused-ring (bicyclic) bond motifs is 1. The van der Waals surface area contributed by atoms with E-state index in [9.17, 15) is 0 Å². The summed E-state index contributed by atoms with van der Waals surface area (Å²) in [6.07, 6.45) is 4.40. The van der Waals surface area contributed by atoms with Crippen LogP contribution in [0.15, 0.2) is 47.6 Å². The van der Waals surface area contributed by atoms with Crippen LogP contribution in [0.2, 0.25) is 0 Å². The van der Waals surface area contributed by atoms with Crippen LogP contribution in [-0.4, -0.2) is 50.5 Å². The highest BCUT2D eigenvalue weighted by molar-refractivity contribution is 5.94. The number of pyridine rings is 1. The molecule has 0 bridgehead atoms. The number of aliphatic imine (C=N–C) groups is 1. The summed E-state index contributed by atoms with van der Waals surface area (Å²) in [5.41, 5.74) is 1.96. The Morgan fingerprint density at radius 1 is 1.16 bits per heavy atom. The molecular weight excluding hydrogens is 392 g/mol. The van der Waals surface area contributed by atoms with Crippen molar-refractivity contribution in [2.75, 3.05) is 44.8 Å². The third-order valence-corrected chi connectivity index (χ3v) is 4.58. The Hall–Kier alpha value is -2.80. The normalized spacial score (nSPS) is 13.7. The lowest BCUT2D eigenvalue weighted by atomic mass is 10.2. The largest absolute Gasteiger partial charge is 0.490 e. The molecular formula is C24H34N4O3. The molecule has 0 amide bonds. The Morgan fingerprint density at radius 2 is 2.03 bits per heavy atom. The summed E-state index contributed by atoms with van der Waals surface area (Å²) in [7, 11) is 0. The molecule has 0 radical (unpaired) electrons. The number of benzene rings is 1. The van der Waals surface area contributed by atoms with Gasteiger partial charge in [-0.2, -0.15) is 0 Å². The van der Waals surface area contributed by atoms with Crippen LogP contribution in [0.4, 0.5) is 5.69 Å². The molecule has 1 aromatic carbocycles. The Bertz CT molecular complexity index is 812. The van der Waals surface area contributed by atoms with Gasteiger partial charge in [0.05, 0.1) is 13.2 Å². The first-order chi connectivity index (χ1) is 15.2. The molecule has 0 saturated carbocycles. The van der Waals surface area contributed by atoms with E-state index in [4.69, 9.17) is 19.2 Å². The number of rotatable bonds is 10. The van der Waals surface area contributed by atoms with Crippen LogP contribution in [0.1, 0.15) is 32.4 Å². The van der Waals surface area contributed by atoms with E-state index in [0.29, 0.717) is 32.3 Å². The first-order valence-electron chi connectivity index (χ1n) is 11.1. The summed E-state index contributed by atoms with van der Waals surface area (Å²) in [5, 5.41) is 6.79. The lowest BCUT2D eigenvalue weighted by Gasteiger charge is -2.15. The third kappa shape index (κ3) is 8.45. The monoisotopic (exact) mass is 426 g/mol. The Morgan fingerprint density at radius 3 is 2.84 bits per heavy atom. The minimum Gasteiger partial charge on any atom is -0.490 e. The van der Waals surface area contributed by atoms with E-state index in [-0.39, 0.29) is 0 Å². The Balaban J connectivity index is 1.57. The lowest BCUT2D eigenvalue weighted by Crippen LogP contribution is -2.33. The Kier molecular flexibility index (Phi) is 9.44. The van der Waals surface area contributed by atoms with Crippen LogP contribution >= 0.6 is 0 Å². The van der Waals surface area contributed by atoms with Crippen LogP contribution in [0.5, 0.6) is 11.5 Å². The van der Waals surface area contributed by atoms with E-state index in [1.54, 1.807) is 0 Å². The summed E-state index contributed by atoms with van der Waals surface area (Å²) in [4.78, 5) is 9.10. The van der Waals surface area contributed by atoms with Gasteiger partial charge in [-0.1, -0.05) is 19.9 Å². The third-order valence-electron chi connectivity index (χ3n) is 4.58. The number of aromatic nitrogens is 1. The fourth-order valence-electron chi connectivity index (χ4n) is 3.05. The van der Waals surface area contributed by atoms with Crippen molar-refractivity contribution in [1.82, 2.24) is 10.3 Å². The minimum absolute atomic E-state index is 0.549. The van der Waals surface area contributed by atoms with Crippen molar-refractivity contribution in [2.45, 2.75) is 33.1 Å². The maximum Gasteiger partial charge on any atom is 0.195 e. The molecule has 2 heterocycles. The van der Waals surface area contributed by atoms with Crippen molar-refractivity contribution in [3.63, 3.8) is 0 Å². The molecule has 0 spiro atoms. The van der Waals surface area contributed by atoms with E-state index in [1.807, 2.05) is 42.6 Å². The molecule has 2 aromatic rings. The Labute approximate surface area is 185 Å². The van der Waals surface area contributed by atoms with Crippen molar-refractivity contribution >= 4 is 11.6 Å². The second-order valence-corrected chi connectivity index (χ2v) is 7.89. The minimum atomic E-state index is 0.549. The molecule has 0 atom stereocenters. The highest BCUT2D eigenvalue weighted by Crippen LogP contribution is 2.32. The standard InChI is InChI=1S/C24H34N4O3/c1-19(2)18-29-14-5-12-26-24(27-13-10-20-7-3-4-11-25-20)28-21-8-9-22-23(17-21)31-16-6-15-30-22/h3-4,7-9,11,17,19H,5-6,10,12-16,18H2,1-2H3,(H2,26,27,28). The second-order valence-electron chi connectivity index (χ2n) is 7.89. The number of hydrogen-bond acceptors (Lipinski definition) is 5. The predicted octanol–water partition coefficient (Wildman–Crippen LogP) is 3.91. The number of nitrogens with one attached hydrogen (secondary N) is 2. The highest BCUT2D eigenvalue weighted by Gasteiger charge is 2.11. The first-order valence-corrected chi connectivity index (χ1v) is 11.1. The molecule has 31 heavy (non-hydrogen) atoms. The van der Waals surface area contributed by atoms with Crippen molar-refractivity contribution < 1.29 is 14.2 Å². The highest BCUT2D eigenvalue weighted by atomic mass is 16.5. The van der Waals surface area contributed by atoms with Crippen LogP contribution in [0.3, 0.4) is 0 Å². The van der Waals surface area contributed by atoms with Gasteiger partial charge in [-0.25, -0.2) is 0 Å². The van der Waals surface area contributed by atoms with Crippen molar-refractivity contribution in [3.8, 4) is 11.5 Å². The molecule has 0 aliphatic carbocycles. The van der Waals surface area contributed by atoms with Gasteiger partial charge < -0.3 is 24.8 Å². The number of nitrogens with zero attached hydrogens (tertiary/aromatic N) is 2. The molecule has 168 valence electrons. The number of hydrogen-bond donors (Lipinski definition) is 2. The number of ether oxygens (including phenoxy) is 3.